The summed E-state index contributed by atoms with van der Waals surface area (Å²) < 4.78 is 22.5. The molecule has 3 nitrogen and oxygen atoms in total. The first-order chi connectivity index (χ1) is 3.52. The highest BCUT2D eigenvalue weighted by Gasteiger charge is 2.36. The number of hydrogen-bond acceptors (Lipinski definition) is 2. The van der Waals surface area contributed by atoms with Crippen molar-refractivity contribution < 1.29 is 8.42 Å². The van der Waals surface area contributed by atoms with Gasteiger partial charge in [0.05, 0.1) is 6.26 Å². The molecular weight excluding hydrogens is 126 g/mol. The Morgan fingerprint density at radius 3 is 2.00 bits per heavy atom. The lowest BCUT2D eigenvalue weighted by molar-refractivity contribution is 0.562. The maximum Gasteiger partial charge on any atom is 0.211 e. The van der Waals surface area contributed by atoms with Crippen molar-refractivity contribution in [2.75, 3.05) is 12.8 Å². The molecule has 8 heavy (non-hydrogen) atoms. The van der Waals surface area contributed by atoms with Crippen LogP contribution in [-0.4, -0.2) is 31.6 Å². The maximum atomic E-state index is 10.5. The van der Waals surface area contributed by atoms with Crippen LogP contribution in [0.2, 0.25) is 0 Å². The maximum absolute atomic E-state index is 10.5. The summed E-state index contributed by atoms with van der Waals surface area (Å²) in [4.78, 5) is 0. The van der Waals surface area contributed by atoms with E-state index in [4.69, 9.17) is 0 Å². The average Bonchev–Trinajstić information content (AvgIpc) is 2.13. The second-order valence-corrected chi connectivity index (χ2v) is 4.12. The van der Waals surface area contributed by atoms with Crippen LogP contribution in [0.5, 0.6) is 0 Å². The van der Waals surface area contributed by atoms with Gasteiger partial charge >= 0.3 is 0 Å². The van der Waals surface area contributed by atoms with Gasteiger partial charge in [-0.1, -0.05) is 0 Å². The van der Waals surface area contributed by atoms with Gasteiger partial charge in [-0.05, 0) is 6.92 Å². The number of nitrogens with zero attached hydrogens (tertiary/aromatic N) is 1. The van der Waals surface area contributed by atoms with E-state index in [-0.39, 0.29) is 6.04 Å². The van der Waals surface area contributed by atoms with E-state index in [1.807, 2.05) is 6.92 Å². The molecule has 0 radical (unpaired) electrons. The summed E-state index contributed by atoms with van der Waals surface area (Å²) in [6, 6.07) is 0.255. The van der Waals surface area contributed by atoms with Crippen LogP contribution in [0.1, 0.15) is 6.92 Å². The second kappa shape index (κ2) is 1.45. The Labute approximate surface area is 49.3 Å². The van der Waals surface area contributed by atoms with Crippen molar-refractivity contribution in [3.8, 4) is 0 Å². The van der Waals surface area contributed by atoms with E-state index in [1.54, 1.807) is 0 Å². The van der Waals surface area contributed by atoms with Crippen LogP contribution >= 0.6 is 0 Å². The Balaban J connectivity index is 2.66. The zero-order chi connectivity index (χ0) is 6.36. The van der Waals surface area contributed by atoms with Crippen molar-refractivity contribution >= 4 is 10.0 Å². The van der Waals surface area contributed by atoms with E-state index >= 15 is 0 Å². The fraction of sp³-hybridized carbons (Fsp3) is 1.00. The van der Waals surface area contributed by atoms with Gasteiger partial charge in [-0.25, -0.2) is 8.42 Å². The second-order valence-electron chi connectivity index (χ2n) is 2.18. The molecular formula is C4H9NO2S. The molecule has 0 aromatic rings. The van der Waals surface area contributed by atoms with Gasteiger partial charge in [0.1, 0.15) is 0 Å². The van der Waals surface area contributed by atoms with Crippen molar-refractivity contribution in [2.45, 2.75) is 13.0 Å². The molecule has 1 heterocycles. The van der Waals surface area contributed by atoms with Gasteiger partial charge in [-0.2, -0.15) is 4.31 Å². The SMILES string of the molecule is C[C@H]1CN1S(C)(=O)=O. The van der Waals surface area contributed by atoms with E-state index in [2.05, 4.69) is 0 Å². The molecule has 1 aliphatic rings. The molecule has 0 aromatic carbocycles. The Bertz CT molecular complexity index is 184. The molecule has 48 valence electrons. The molecule has 0 spiro atoms. The lowest BCUT2D eigenvalue weighted by atomic mass is 10.6. The molecule has 4 heteroatoms. The van der Waals surface area contributed by atoms with Gasteiger partial charge in [0.15, 0.2) is 0 Å². The van der Waals surface area contributed by atoms with Gasteiger partial charge in [0.25, 0.3) is 0 Å². The quantitative estimate of drug-likeness (QED) is 0.461. The van der Waals surface area contributed by atoms with E-state index in [0.29, 0.717) is 6.54 Å². The van der Waals surface area contributed by atoms with Crippen molar-refractivity contribution in [3.63, 3.8) is 0 Å². The number of rotatable bonds is 1. The lowest BCUT2D eigenvalue weighted by Crippen LogP contribution is -2.09. The Morgan fingerprint density at radius 1 is 1.62 bits per heavy atom. The lowest BCUT2D eigenvalue weighted by Gasteiger charge is -1.92. The highest BCUT2D eigenvalue weighted by atomic mass is 32.2. The van der Waals surface area contributed by atoms with Crippen molar-refractivity contribution in [1.82, 2.24) is 4.31 Å². The molecule has 2 atom stereocenters. The highest BCUT2D eigenvalue weighted by molar-refractivity contribution is 7.88. The van der Waals surface area contributed by atoms with Gasteiger partial charge < -0.3 is 0 Å². The first-order valence-corrected chi connectivity index (χ1v) is 4.33. The summed E-state index contributed by atoms with van der Waals surface area (Å²) in [5, 5.41) is 0. The fourth-order valence-corrected chi connectivity index (χ4v) is 1.82. The standard InChI is InChI=1S/C4H9NO2S/c1-4-3-5(4)8(2,6)7/h4H,3H2,1-2H3/t4-,5?/m0/s1. The predicted molar refractivity (Wildman–Crippen MR) is 31.0 cm³/mol. The first-order valence-electron chi connectivity index (χ1n) is 2.48. The smallest absolute Gasteiger partial charge is 0.211 e. The normalized spacial score (nSPS) is 37.2. The number of hydrogen-bond donors (Lipinski definition) is 0. The predicted octanol–water partition coefficient (Wildman–Crippen LogP) is -0.350. The topological polar surface area (TPSA) is 37.1 Å². The van der Waals surface area contributed by atoms with Gasteiger partial charge in [0.2, 0.25) is 10.0 Å². The van der Waals surface area contributed by atoms with Crippen LogP contribution < -0.4 is 0 Å². The zero-order valence-corrected chi connectivity index (χ0v) is 5.77. The van der Waals surface area contributed by atoms with E-state index in [9.17, 15) is 8.42 Å². The minimum atomic E-state index is -2.85. The molecule has 0 aliphatic carbocycles. The highest BCUT2D eigenvalue weighted by Crippen LogP contribution is 2.19. The molecule has 1 fully saturated rings. The molecule has 0 saturated carbocycles. The molecule has 1 unspecified atom stereocenters. The van der Waals surface area contributed by atoms with Crippen molar-refractivity contribution in [3.05, 3.63) is 0 Å². The van der Waals surface area contributed by atoms with E-state index in [1.165, 1.54) is 10.6 Å². The summed E-state index contributed by atoms with van der Waals surface area (Å²) in [5.74, 6) is 0. The minimum Gasteiger partial charge on any atom is -0.212 e. The van der Waals surface area contributed by atoms with Crippen LogP contribution in [0, 0.1) is 0 Å². The van der Waals surface area contributed by atoms with Crippen LogP contribution in [0.3, 0.4) is 0 Å². The van der Waals surface area contributed by atoms with Crippen molar-refractivity contribution in [2.24, 2.45) is 0 Å². The summed E-state index contributed by atoms with van der Waals surface area (Å²) in [5.41, 5.74) is 0. The molecule has 1 aliphatic heterocycles. The van der Waals surface area contributed by atoms with Crippen LogP contribution in [0.25, 0.3) is 0 Å². The Hall–Kier alpha value is -0.0900. The van der Waals surface area contributed by atoms with Crippen LogP contribution in [0.15, 0.2) is 0 Å². The minimum absolute atomic E-state index is 0.255. The van der Waals surface area contributed by atoms with Gasteiger partial charge in [0, 0.05) is 12.6 Å². The number of sulfonamides is 1. The van der Waals surface area contributed by atoms with E-state index < -0.39 is 10.0 Å². The third kappa shape index (κ3) is 1.00. The summed E-state index contributed by atoms with van der Waals surface area (Å²) in [6.45, 7) is 2.60. The Morgan fingerprint density at radius 2 is 2.00 bits per heavy atom. The molecule has 1 saturated heterocycles. The zero-order valence-electron chi connectivity index (χ0n) is 4.96. The fourth-order valence-electron chi connectivity index (χ4n) is 0.676. The summed E-state index contributed by atoms with van der Waals surface area (Å²) in [6.07, 6.45) is 1.23. The third-order valence-corrected chi connectivity index (χ3v) is 2.59. The molecule has 0 amide bonds. The van der Waals surface area contributed by atoms with Crippen molar-refractivity contribution in [1.29, 1.82) is 0 Å². The van der Waals surface area contributed by atoms with E-state index in [0.717, 1.165) is 0 Å². The molecule has 0 N–H and O–H groups in total. The third-order valence-electron chi connectivity index (χ3n) is 1.23. The first kappa shape index (κ1) is 6.04. The van der Waals surface area contributed by atoms with Gasteiger partial charge in [-0.3, -0.25) is 0 Å². The molecule has 0 aromatic heterocycles. The summed E-state index contributed by atoms with van der Waals surface area (Å²) >= 11 is 0. The van der Waals surface area contributed by atoms with Crippen LogP contribution in [-0.2, 0) is 10.0 Å². The Kier molecular flexibility index (Phi) is 1.09. The average molecular weight is 135 g/mol. The van der Waals surface area contributed by atoms with Crippen LogP contribution in [0.4, 0.5) is 0 Å². The van der Waals surface area contributed by atoms with Gasteiger partial charge in [-0.15, -0.1) is 0 Å². The molecule has 0 bridgehead atoms. The molecule has 1 rings (SSSR count). The summed E-state index contributed by atoms with van der Waals surface area (Å²) in [7, 11) is -2.85. The monoisotopic (exact) mass is 135 g/mol. The largest absolute Gasteiger partial charge is 0.212 e.